The van der Waals surface area contributed by atoms with Crippen LogP contribution in [0.25, 0.3) is 11.0 Å². The second-order valence-corrected chi connectivity index (χ2v) is 11.1. The Balaban J connectivity index is 1.55. The molecule has 3 aromatic carbocycles. The molecule has 1 aliphatic rings. The Bertz CT molecular complexity index is 1720. The predicted molar refractivity (Wildman–Crippen MR) is 149 cm³/mol. The number of rotatable bonds is 9. The van der Waals surface area contributed by atoms with Gasteiger partial charge >= 0.3 is 0 Å². The maximum atomic E-state index is 13.6. The van der Waals surface area contributed by atoms with Crippen molar-refractivity contribution < 1.29 is 27.5 Å². The number of hydrogen-bond acceptors (Lipinski definition) is 9. The molecular formula is C28H27N5O6S. The lowest BCUT2D eigenvalue weighted by molar-refractivity contribution is -0.125. The number of carbonyl (C=O) groups is 2. The highest BCUT2D eigenvalue weighted by Crippen LogP contribution is 2.40. The van der Waals surface area contributed by atoms with Gasteiger partial charge in [-0.05, 0) is 36.2 Å². The quantitative estimate of drug-likeness (QED) is 0.277. The minimum Gasteiger partial charge on any atom is -0.497 e. The molecule has 1 aromatic heterocycles. The summed E-state index contributed by atoms with van der Waals surface area (Å²) < 4.78 is 40.4. The number of carbonyl (C=O) groups excluding carboxylic acids is 2. The van der Waals surface area contributed by atoms with E-state index in [1.807, 2.05) is 0 Å². The van der Waals surface area contributed by atoms with Gasteiger partial charge in [0.1, 0.15) is 17.3 Å². The summed E-state index contributed by atoms with van der Waals surface area (Å²) in [6.45, 7) is 0. The van der Waals surface area contributed by atoms with Crippen LogP contribution in [-0.2, 0) is 25.0 Å². The molecule has 206 valence electrons. The van der Waals surface area contributed by atoms with Crippen molar-refractivity contribution in [3.05, 3.63) is 72.3 Å². The van der Waals surface area contributed by atoms with Crippen LogP contribution >= 0.6 is 0 Å². The standard InChI is InChI=1S/C28H27N5O6S/c1-38-20-13-18(14-21(15-20)39-2)30-25-26(32-24-9-4-3-8-23(24)31-25)33-40(36,37)22-7-5-6-17(12-22)28(27(29)35)11-10-19(34)16-28/h3-9,12-15H,10-11,16H2,1-2H3,(H2,29,35)(H,30,31)(H,32,33). The number of ether oxygens (including phenoxy) is 2. The molecule has 0 aliphatic heterocycles. The second kappa shape index (κ2) is 10.5. The molecule has 0 spiro atoms. The van der Waals surface area contributed by atoms with E-state index in [9.17, 15) is 18.0 Å². The summed E-state index contributed by atoms with van der Waals surface area (Å²) in [6, 6.07) is 18.0. The first-order valence-corrected chi connectivity index (χ1v) is 13.8. The SMILES string of the molecule is COc1cc(Nc2nc3ccccc3nc2NS(=O)(=O)c2cccc(C3(C(N)=O)CCC(=O)C3)c2)cc(OC)c1. The summed E-state index contributed by atoms with van der Waals surface area (Å²) in [5.74, 6) is 0.366. The van der Waals surface area contributed by atoms with Crippen molar-refractivity contribution in [3.8, 4) is 11.5 Å². The van der Waals surface area contributed by atoms with E-state index in [2.05, 4.69) is 20.0 Å². The number of sulfonamides is 1. The zero-order valence-corrected chi connectivity index (χ0v) is 22.6. The topological polar surface area (TPSA) is 163 Å². The highest BCUT2D eigenvalue weighted by Gasteiger charge is 2.45. The molecule has 1 saturated carbocycles. The number of nitrogens with zero attached hydrogens (tertiary/aromatic N) is 2. The van der Waals surface area contributed by atoms with Crippen LogP contribution in [0.2, 0.25) is 0 Å². The zero-order chi connectivity index (χ0) is 28.5. The van der Waals surface area contributed by atoms with E-state index < -0.39 is 21.3 Å². The van der Waals surface area contributed by atoms with Gasteiger partial charge in [0.05, 0.1) is 35.6 Å². The van der Waals surface area contributed by atoms with Crippen LogP contribution in [0.3, 0.4) is 0 Å². The van der Waals surface area contributed by atoms with Gasteiger partial charge in [-0.25, -0.2) is 18.4 Å². The lowest BCUT2D eigenvalue weighted by atomic mass is 9.78. The molecule has 0 radical (unpaired) electrons. The number of hydrogen-bond donors (Lipinski definition) is 3. The lowest BCUT2D eigenvalue weighted by Crippen LogP contribution is -2.39. The Morgan fingerprint density at radius 2 is 1.57 bits per heavy atom. The molecule has 5 rings (SSSR count). The molecule has 1 unspecified atom stereocenters. The van der Waals surface area contributed by atoms with E-state index in [0.29, 0.717) is 33.8 Å². The summed E-state index contributed by atoms with van der Waals surface area (Å²) in [4.78, 5) is 33.5. The van der Waals surface area contributed by atoms with E-state index in [1.165, 1.54) is 32.4 Å². The smallest absolute Gasteiger partial charge is 0.263 e. The molecule has 1 heterocycles. The Kier molecular flexibility index (Phi) is 7.03. The van der Waals surface area contributed by atoms with Crippen LogP contribution in [0.5, 0.6) is 11.5 Å². The number of para-hydroxylation sites is 2. The number of fused-ring (bicyclic) bond motifs is 1. The Hall–Kier alpha value is -4.71. The molecule has 0 saturated heterocycles. The Morgan fingerprint density at radius 3 is 2.15 bits per heavy atom. The molecule has 0 bridgehead atoms. The van der Waals surface area contributed by atoms with E-state index in [4.69, 9.17) is 15.2 Å². The molecule has 1 aliphatic carbocycles. The number of primary amides is 1. The predicted octanol–water partition coefficient (Wildman–Crippen LogP) is 3.67. The third-order valence-corrected chi connectivity index (χ3v) is 8.25. The number of nitrogens with two attached hydrogens (primary N) is 1. The minimum absolute atomic E-state index is 0.0495. The van der Waals surface area contributed by atoms with Crippen molar-refractivity contribution >= 4 is 50.1 Å². The van der Waals surface area contributed by atoms with Gasteiger partial charge in [-0.2, -0.15) is 0 Å². The summed E-state index contributed by atoms with van der Waals surface area (Å²) >= 11 is 0. The average molecular weight is 562 g/mol. The van der Waals surface area contributed by atoms with Crippen molar-refractivity contribution in [2.75, 3.05) is 24.3 Å². The van der Waals surface area contributed by atoms with Crippen LogP contribution in [0.15, 0.2) is 71.6 Å². The fraction of sp³-hybridized carbons (Fsp3) is 0.214. The number of nitrogens with one attached hydrogen (secondary N) is 2. The van der Waals surface area contributed by atoms with Crippen LogP contribution in [0.1, 0.15) is 24.8 Å². The third kappa shape index (κ3) is 5.13. The first-order chi connectivity index (χ1) is 19.1. The van der Waals surface area contributed by atoms with Gasteiger partial charge in [-0.15, -0.1) is 0 Å². The van der Waals surface area contributed by atoms with E-state index in [0.717, 1.165) is 0 Å². The minimum atomic E-state index is -4.22. The first kappa shape index (κ1) is 26.9. The van der Waals surface area contributed by atoms with Crippen molar-refractivity contribution in [1.82, 2.24) is 9.97 Å². The molecule has 4 aromatic rings. The van der Waals surface area contributed by atoms with E-state index in [-0.39, 0.29) is 41.6 Å². The Labute approximate surface area is 230 Å². The maximum Gasteiger partial charge on any atom is 0.263 e. The summed E-state index contributed by atoms with van der Waals surface area (Å²) in [5, 5.41) is 3.11. The number of anilines is 3. The van der Waals surface area contributed by atoms with Crippen molar-refractivity contribution in [2.45, 2.75) is 29.6 Å². The van der Waals surface area contributed by atoms with Gasteiger partial charge in [-0.3, -0.25) is 14.3 Å². The lowest BCUT2D eigenvalue weighted by Gasteiger charge is -2.25. The van der Waals surface area contributed by atoms with Crippen molar-refractivity contribution in [2.24, 2.45) is 5.73 Å². The molecule has 12 heteroatoms. The van der Waals surface area contributed by atoms with Gasteiger partial charge in [0, 0.05) is 36.7 Å². The molecule has 1 fully saturated rings. The number of amides is 1. The van der Waals surface area contributed by atoms with Gasteiger partial charge < -0.3 is 20.5 Å². The first-order valence-electron chi connectivity index (χ1n) is 12.4. The van der Waals surface area contributed by atoms with Crippen molar-refractivity contribution in [3.63, 3.8) is 0 Å². The van der Waals surface area contributed by atoms with Gasteiger partial charge in [0.25, 0.3) is 10.0 Å². The fourth-order valence-corrected chi connectivity index (χ4v) is 5.84. The molecule has 4 N–H and O–H groups in total. The monoisotopic (exact) mass is 561 g/mol. The van der Waals surface area contributed by atoms with E-state index in [1.54, 1.807) is 48.5 Å². The summed E-state index contributed by atoms with van der Waals surface area (Å²) in [5.41, 5.74) is 6.36. The van der Waals surface area contributed by atoms with Gasteiger partial charge in [-0.1, -0.05) is 24.3 Å². The third-order valence-electron chi connectivity index (χ3n) is 6.91. The number of methoxy groups -OCH3 is 2. The number of benzene rings is 3. The molecule has 1 atom stereocenters. The normalized spacial score (nSPS) is 17.0. The molecule has 1 amide bonds. The van der Waals surface area contributed by atoms with Crippen LogP contribution in [0.4, 0.5) is 17.3 Å². The largest absolute Gasteiger partial charge is 0.497 e. The van der Waals surface area contributed by atoms with Crippen LogP contribution < -0.4 is 25.2 Å². The highest BCUT2D eigenvalue weighted by molar-refractivity contribution is 7.92. The zero-order valence-electron chi connectivity index (χ0n) is 21.8. The number of Topliss-reactive ketones (excluding diaryl/α,β-unsaturated/α-hetero) is 1. The van der Waals surface area contributed by atoms with Gasteiger partial charge in [0.2, 0.25) is 5.91 Å². The molecule has 11 nitrogen and oxygen atoms in total. The average Bonchev–Trinajstić information content (AvgIpc) is 3.36. The molecular weight excluding hydrogens is 534 g/mol. The van der Waals surface area contributed by atoms with Crippen LogP contribution in [0, 0.1) is 0 Å². The number of ketones is 1. The fourth-order valence-electron chi connectivity index (χ4n) is 4.79. The maximum absolute atomic E-state index is 13.6. The second-order valence-electron chi connectivity index (χ2n) is 9.43. The number of aromatic nitrogens is 2. The Morgan fingerprint density at radius 1 is 0.925 bits per heavy atom. The summed E-state index contributed by atoms with van der Waals surface area (Å²) in [7, 11) is -1.18. The van der Waals surface area contributed by atoms with Gasteiger partial charge in [0.15, 0.2) is 11.6 Å². The van der Waals surface area contributed by atoms with Crippen LogP contribution in [-0.4, -0.2) is 44.3 Å². The highest BCUT2D eigenvalue weighted by atomic mass is 32.2. The molecule has 40 heavy (non-hydrogen) atoms. The van der Waals surface area contributed by atoms with E-state index >= 15 is 0 Å². The summed E-state index contributed by atoms with van der Waals surface area (Å²) in [6.07, 6.45) is 0.370. The van der Waals surface area contributed by atoms with Crippen molar-refractivity contribution in [1.29, 1.82) is 0 Å².